The Morgan fingerprint density at radius 1 is 1.07 bits per heavy atom. The third-order valence-electron chi connectivity index (χ3n) is 5.06. The number of nitrogens with zero attached hydrogens (tertiary/aromatic N) is 2. The lowest BCUT2D eigenvalue weighted by Gasteiger charge is -2.13. The van der Waals surface area contributed by atoms with Crippen LogP contribution in [-0.2, 0) is 24.3 Å². The van der Waals surface area contributed by atoms with Crippen molar-refractivity contribution in [2.75, 3.05) is 43.6 Å². The summed E-state index contributed by atoms with van der Waals surface area (Å²) in [5.41, 5.74) is 5.59. The maximum atomic E-state index is 14.1. The topological polar surface area (TPSA) is 195 Å². The van der Waals surface area contributed by atoms with Gasteiger partial charge >= 0.3 is 5.97 Å². The summed E-state index contributed by atoms with van der Waals surface area (Å²) in [6.07, 6.45) is 3.77. The highest BCUT2D eigenvalue weighted by atomic mass is 79.9. The molecule has 0 aliphatic heterocycles. The van der Waals surface area contributed by atoms with Gasteiger partial charge in [-0.15, -0.1) is 0 Å². The number of carboxylic acids is 1. The molecule has 0 aliphatic carbocycles. The van der Waals surface area contributed by atoms with Crippen molar-refractivity contribution >= 4 is 61.0 Å². The van der Waals surface area contributed by atoms with Crippen LogP contribution in [0.5, 0.6) is 0 Å². The van der Waals surface area contributed by atoms with E-state index in [1.807, 2.05) is 0 Å². The first kappa shape index (κ1) is 31.6. The van der Waals surface area contributed by atoms with Crippen molar-refractivity contribution in [3.05, 3.63) is 76.7 Å². The average molecular weight is 653 g/mol. The number of amides is 1. The number of ether oxygens (including phenoxy) is 2. The zero-order valence-corrected chi connectivity index (χ0v) is 23.7. The van der Waals surface area contributed by atoms with Gasteiger partial charge in [0.25, 0.3) is 5.91 Å². The fraction of sp³-hybridized carbons (Fsp3) is 0.200. The second-order valence-corrected chi connectivity index (χ2v) is 10.6. The van der Waals surface area contributed by atoms with Gasteiger partial charge in [-0.25, -0.2) is 27.3 Å². The monoisotopic (exact) mass is 652 g/mol. The Bertz CT molecular complexity index is 1510. The van der Waals surface area contributed by atoms with Gasteiger partial charge in [-0.3, -0.25) is 4.79 Å². The van der Waals surface area contributed by atoms with E-state index < -0.39 is 27.7 Å². The van der Waals surface area contributed by atoms with E-state index in [1.165, 1.54) is 48.7 Å². The molecule has 0 fully saturated rings. The van der Waals surface area contributed by atoms with Gasteiger partial charge in [0.1, 0.15) is 11.6 Å². The molecule has 1 heterocycles. The number of primary amides is 1. The predicted molar refractivity (Wildman–Crippen MR) is 151 cm³/mol. The summed E-state index contributed by atoms with van der Waals surface area (Å²) in [4.78, 5) is 30.5. The van der Waals surface area contributed by atoms with Crippen LogP contribution in [-0.4, -0.2) is 68.3 Å². The number of carbonyl (C=O) groups is 2. The zero-order chi connectivity index (χ0) is 29.8. The van der Waals surface area contributed by atoms with Gasteiger partial charge in [-0.2, -0.15) is 4.98 Å². The molecule has 16 heteroatoms. The van der Waals surface area contributed by atoms with E-state index in [2.05, 4.69) is 41.3 Å². The fourth-order valence-corrected chi connectivity index (χ4v) is 4.52. The molecule has 0 bridgehead atoms. The van der Waals surface area contributed by atoms with Crippen LogP contribution in [0.1, 0.15) is 10.4 Å². The van der Waals surface area contributed by atoms with Gasteiger partial charge in [0.05, 0.1) is 47.0 Å². The number of hydrogen-bond acceptors (Lipinski definition) is 10. The van der Waals surface area contributed by atoms with E-state index in [-0.39, 0.29) is 60.9 Å². The lowest BCUT2D eigenvalue weighted by Crippen LogP contribution is -2.27. The van der Waals surface area contributed by atoms with E-state index in [1.54, 1.807) is 0 Å². The molecule has 0 aliphatic rings. The number of anilines is 4. The minimum absolute atomic E-state index is 0.0285. The SMILES string of the molecule is NC(=O)c1c(F)cccc1Nc1nc(Nc2ccc(S(=O)(=O)NCCOCCOC/C=C/C(=O)O)cc2)ncc1Br. The van der Waals surface area contributed by atoms with Crippen molar-refractivity contribution in [3.8, 4) is 0 Å². The average Bonchev–Trinajstić information content (AvgIpc) is 2.91. The number of nitrogens with one attached hydrogen (secondary N) is 3. The summed E-state index contributed by atoms with van der Waals surface area (Å²) in [5.74, 6) is -2.42. The molecule has 3 aromatic rings. The Hall–Kier alpha value is -3.96. The highest BCUT2D eigenvalue weighted by Gasteiger charge is 2.16. The van der Waals surface area contributed by atoms with E-state index in [9.17, 15) is 22.4 Å². The van der Waals surface area contributed by atoms with Crippen LogP contribution in [0.25, 0.3) is 0 Å². The second kappa shape index (κ2) is 15.2. The molecule has 0 unspecified atom stereocenters. The van der Waals surface area contributed by atoms with Crippen LogP contribution in [0, 0.1) is 5.82 Å². The number of halogens is 2. The Morgan fingerprint density at radius 2 is 1.80 bits per heavy atom. The van der Waals surface area contributed by atoms with Gasteiger partial charge < -0.3 is 30.9 Å². The molecule has 218 valence electrons. The number of benzene rings is 2. The minimum Gasteiger partial charge on any atom is -0.478 e. The van der Waals surface area contributed by atoms with Crippen LogP contribution in [0.4, 0.5) is 27.5 Å². The summed E-state index contributed by atoms with van der Waals surface area (Å²) in [7, 11) is -3.79. The Labute approximate surface area is 243 Å². The van der Waals surface area contributed by atoms with Gasteiger partial charge in [-0.05, 0) is 52.3 Å². The molecule has 0 radical (unpaired) electrons. The number of carboxylic acid groups (broad SMARTS) is 1. The van der Waals surface area contributed by atoms with Gasteiger partial charge in [0.2, 0.25) is 16.0 Å². The molecule has 6 N–H and O–H groups in total. The number of hydrogen-bond donors (Lipinski definition) is 5. The third kappa shape index (κ3) is 9.87. The largest absolute Gasteiger partial charge is 0.478 e. The van der Waals surface area contributed by atoms with Crippen LogP contribution in [0.2, 0.25) is 0 Å². The van der Waals surface area contributed by atoms with Crippen molar-refractivity contribution in [2.45, 2.75) is 4.90 Å². The van der Waals surface area contributed by atoms with Crippen molar-refractivity contribution in [1.82, 2.24) is 14.7 Å². The molecule has 1 amide bonds. The summed E-state index contributed by atoms with van der Waals surface area (Å²) in [6, 6.07) is 9.85. The van der Waals surface area contributed by atoms with Gasteiger partial charge in [-0.1, -0.05) is 12.1 Å². The molecule has 0 spiro atoms. The van der Waals surface area contributed by atoms with E-state index in [4.69, 9.17) is 20.3 Å². The van der Waals surface area contributed by atoms with Crippen molar-refractivity contribution in [3.63, 3.8) is 0 Å². The molecule has 1 aromatic heterocycles. The number of nitrogens with two attached hydrogens (primary N) is 1. The molecular weight excluding hydrogens is 627 g/mol. The zero-order valence-electron chi connectivity index (χ0n) is 21.3. The van der Waals surface area contributed by atoms with Crippen LogP contribution < -0.4 is 21.1 Å². The van der Waals surface area contributed by atoms with Crippen LogP contribution in [0.3, 0.4) is 0 Å². The number of rotatable bonds is 16. The molecule has 13 nitrogen and oxygen atoms in total. The number of aromatic nitrogens is 2. The smallest absolute Gasteiger partial charge is 0.328 e. The fourth-order valence-electron chi connectivity index (χ4n) is 3.22. The molecule has 0 saturated heterocycles. The highest BCUT2D eigenvalue weighted by molar-refractivity contribution is 9.10. The maximum Gasteiger partial charge on any atom is 0.328 e. The number of aliphatic carboxylic acids is 1. The van der Waals surface area contributed by atoms with Crippen molar-refractivity contribution < 1.29 is 37.0 Å². The van der Waals surface area contributed by atoms with Crippen molar-refractivity contribution in [1.29, 1.82) is 0 Å². The molecule has 2 aromatic carbocycles. The number of sulfonamides is 1. The first-order valence-electron chi connectivity index (χ1n) is 11.9. The third-order valence-corrected chi connectivity index (χ3v) is 7.12. The predicted octanol–water partition coefficient (Wildman–Crippen LogP) is 2.92. The normalized spacial score (nSPS) is 11.5. The van der Waals surface area contributed by atoms with Crippen LogP contribution >= 0.6 is 15.9 Å². The lowest BCUT2D eigenvalue weighted by atomic mass is 10.1. The quantitative estimate of drug-likeness (QED) is 0.113. The first-order valence-corrected chi connectivity index (χ1v) is 14.1. The maximum absolute atomic E-state index is 14.1. The standard InChI is InChI=1S/C25H26BrFN6O7S/c26-18-15-29-25(33-24(18)32-20-4-1-3-19(27)22(20)23(28)36)31-16-6-8-17(9-7-16)41(37,38)30-10-12-40-14-13-39-11-2-5-21(34)35/h1-9,15,30H,10-14H2,(H2,28,36)(H,34,35)(H2,29,31,32,33)/b5-2+. The Balaban J connectivity index is 1.52. The van der Waals surface area contributed by atoms with E-state index in [0.717, 1.165) is 12.1 Å². The Morgan fingerprint density at radius 3 is 2.51 bits per heavy atom. The number of carbonyl (C=O) groups excluding carboxylic acids is 1. The summed E-state index contributed by atoms with van der Waals surface area (Å²) >= 11 is 3.30. The highest BCUT2D eigenvalue weighted by Crippen LogP contribution is 2.28. The molecule has 3 rings (SSSR count). The molecule has 0 atom stereocenters. The molecule has 0 saturated carbocycles. The van der Waals surface area contributed by atoms with Crippen LogP contribution in [0.15, 0.2) is 70.2 Å². The summed E-state index contributed by atoms with van der Waals surface area (Å²) < 4.78 is 52.5. The Kier molecular flexibility index (Phi) is 11.7. The van der Waals surface area contributed by atoms with Gasteiger partial charge in [0.15, 0.2) is 0 Å². The second-order valence-electron chi connectivity index (χ2n) is 8.02. The van der Waals surface area contributed by atoms with E-state index in [0.29, 0.717) is 10.2 Å². The summed E-state index contributed by atoms with van der Waals surface area (Å²) in [6.45, 7) is 0.719. The molecule has 41 heavy (non-hydrogen) atoms. The minimum atomic E-state index is -3.79. The summed E-state index contributed by atoms with van der Waals surface area (Å²) in [5, 5.41) is 14.3. The first-order chi connectivity index (χ1) is 19.6. The van der Waals surface area contributed by atoms with Gasteiger partial charge in [0, 0.05) is 24.5 Å². The lowest BCUT2D eigenvalue weighted by molar-refractivity contribution is -0.131. The molecular formula is C25H26BrFN6O7S. The van der Waals surface area contributed by atoms with Crippen molar-refractivity contribution in [2.24, 2.45) is 5.73 Å². The van der Waals surface area contributed by atoms with E-state index >= 15 is 0 Å².